The molecule has 0 saturated carbocycles. The number of halogens is 1. The Morgan fingerprint density at radius 2 is 2.06 bits per heavy atom. The highest BCUT2D eigenvalue weighted by atomic mass is 35.5. The topological polar surface area (TPSA) is 52.9 Å². The van der Waals surface area contributed by atoms with Crippen molar-refractivity contribution in [3.63, 3.8) is 0 Å². The Morgan fingerprint density at radius 1 is 1.47 bits per heavy atom. The molecule has 1 atom stereocenters. The van der Waals surface area contributed by atoms with E-state index in [1.54, 1.807) is 31.2 Å². The predicted octanol–water partition coefficient (Wildman–Crippen LogP) is 3.01. The molecule has 0 fully saturated rings. The van der Waals surface area contributed by atoms with Crippen molar-refractivity contribution in [3.05, 3.63) is 34.9 Å². The summed E-state index contributed by atoms with van der Waals surface area (Å²) in [6.07, 6.45) is 0. The molecule has 0 aliphatic rings. The van der Waals surface area contributed by atoms with Gasteiger partial charge in [0.05, 0.1) is 16.7 Å². The Kier molecular flexibility index (Phi) is 4.14. The number of hydrogen-bond donors (Lipinski definition) is 1. The molecule has 0 aliphatic heterocycles. The molecule has 17 heavy (non-hydrogen) atoms. The van der Waals surface area contributed by atoms with Gasteiger partial charge in [-0.05, 0) is 25.0 Å². The average Bonchev–Trinajstić information content (AvgIpc) is 2.29. The number of benzene rings is 1. The molecule has 1 aromatic carbocycles. The van der Waals surface area contributed by atoms with E-state index in [2.05, 4.69) is 11.4 Å². The van der Waals surface area contributed by atoms with E-state index in [4.69, 9.17) is 16.9 Å². The van der Waals surface area contributed by atoms with E-state index in [9.17, 15) is 4.79 Å². The quantitative estimate of drug-likeness (QED) is 0.897. The van der Waals surface area contributed by atoms with Crippen LogP contribution in [0.5, 0.6) is 0 Å². The van der Waals surface area contributed by atoms with Crippen LogP contribution in [0.2, 0.25) is 5.02 Å². The number of rotatable bonds is 3. The van der Waals surface area contributed by atoms with Crippen LogP contribution >= 0.6 is 11.6 Å². The maximum absolute atomic E-state index is 12.0. The van der Waals surface area contributed by atoms with Gasteiger partial charge < -0.3 is 5.32 Å². The van der Waals surface area contributed by atoms with E-state index in [0.717, 1.165) is 0 Å². The molecule has 1 aromatic rings. The molecule has 4 heteroatoms. The fourth-order valence-electron chi connectivity index (χ4n) is 1.25. The summed E-state index contributed by atoms with van der Waals surface area (Å²) in [5.41, 5.74) is -0.507. The maximum atomic E-state index is 12.0. The number of nitrogens with zero attached hydrogens (tertiary/aromatic N) is 1. The first kappa shape index (κ1) is 13.5. The minimum Gasteiger partial charge on any atom is -0.334 e. The highest BCUT2D eigenvalue weighted by Crippen LogP contribution is 2.19. The van der Waals surface area contributed by atoms with Crippen molar-refractivity contribution in [2.75, 3.05) is 0 Å². The van der Waals surface area contributed by atoms with E-state index in [0.29, 0.717) is 10.6 Å². The summed E-state index contributed by atoms with van der Waals surface area (Å²) in [4.78, 5) is 12.0. The molecule has 1 unspecified atom stereocenters. The summed E-state index contributed by atoms with van der Waals surface area (Å²) >= 11 is 5.93. The molecule has 1 rings (SSSR count). The van der Waals surface area contributed by atoms with E-state index in [-0.39, 0.29) is 11.8 Å². The van der Waals surface area contributed by atoms with Gasteiger partial charge in [0, 0.05) is 0 Å². The van der Waals surface area contributed by atoms with Gasteiger partial charge in [-0.15, -0.1) is 0 Å². The number of carbonyl (C=O) groups is 1. The SMILES string of the molecule is CC(C)C(C)(C#N)NC(=O)c1ccccc1Cl. The van der Waals surface area contributed by atoms with Crippen LogP contribution in [0.15, 0.2) is 24.3 Å². The van der Waals surface area contributed by atoms with Crippen LogP contribution in [-0.2, 0) is 0 Å². The molecule has 0 spiro atoms. The Morgan fingerprint density at radius 3 is 2.53 bits per heavy atom. The number of nitrogens with one attached hydrogen (secondary N) is 1. The van der Waals surface area contributed by atoms with E-state index in [1.165, 1.54) is 0 Å². The van der Waals surface area contributed by atoms with Crippen molar-refractivity contribution >= 4 is 17.5 Å². The lowest BCUT2D eigenvalue weighted by Crippen LogP contribution is -2.48. The van der Waals surface area contributed by atoms with E-state index < -0.39 is 5.54 Å². The van der Waals surface area contributed by atoms with E-state index in [1.807, 2.05) is 13.8 Å². The second-order valence-corrected chi connectivity index (χ2v) is 4.81. The number of amides is 1. The monoisotopic (exact) mass is 250 g/mol. The first-order valence-corrected chi connectivity index (χ1v) is 5.77. The number of carbonyl (C=O) groups excluding carboxylic acids is 1. The predicted molar refractivity (Wildman–Crippen MR) is 67.8 cm³/mol. The van der Waals surface area contributed by atoms with Crippen LogP contribution in [0.1, 0.15) is 31.1 Å². The molecular formula is C13H15ClN2O. The highest BCUT2D eigenvalue weighted by Gasteiger charge is 2.30. The zero-order valence-electron chi connectivity index (χ0n) is 10.1. The Balaban J connectivity index is 2.95. The lowest BCUT2D eigenvalue weighted by atomic mass is 9.90. The molecule has 0 bridgehead atoms. The van der Waals surface area contributed by atoms with Gasteiger partial charge in [-0.2, -0.15) is 5.26 Å². The molecule has 1 amide bonds. The first-order valence-electron chi connectivity index (χ1n) is 5.39. The van der Waals surface area contributed by atoms with Crippen molar-refractivity contribution in [1.82, 2.24) is 5.32 Å². The van der Waals surface area contributed by atoms with Crippen LogP contribution in [0.25, 0.3) is 0 Å². The summed E-state index contributed by atoms with van der Waals surface area (Å²) in [5, 5.41) is 12.2. The summed E-state index contributed by atoms with van der Waals surface area (Å²) in [5.74, 6) is -0.313. The molecule has 3 nitrogen and oxygen atoms in total. The third kappa shape index (κ3) is 2.98. The van der Waals surface area contributed by atoms with Crippen LogP contribution < -0.4 is 5.32 Å². The van der Waals surface area contributed by atoms with Crippen LogP contribution in [0.3, 0.4) is 0 Å². The molecule has 1 N–H and O–H groups in total. The second kappa shape index (κ2) is 5.20. The van der Waals surface area contributed by atoms with Crippen LogP contribution in [-0.4, -0.2) is 11.4 Å². The number of hydrogen-bond acceptors (Lipinski definition) is 2. The molecule has 0 aromatic heterocycles. The normalized spacial score (nSPS) is 13.9. The summed E-state index contributed by atoms with van der Waals surface area (Å²) in [6.45, 7) is 5.47. The molecule has 90 valence electrons. The second-order valence-electron chi connectivity index (χ2n) is 4.40. The smallest absolute Gasteiger partial charge is 0.254 e. The van der Waals surface area contributed by atoms with Gasteiger partial charge in [-0.1, -0.05) is 37.6 Å². The van der Waals surface area contributed by atoms with Gasteiger partial charge in [0.2, 0.25) is 0 Å². The van der Waals surface area contributed by atoms with Gasteiger partial charge in [0.15, 0.2) is 0 Å². The van der Waals surface area contributed by atoms with Crippen LogP contribution in [0, 0.1) is 17.2 Å². The highest BCUT2D eigenvalue weighted by molar-refractivity contribution is 6.33. The molecule has 0 saturated heterocycles. The van der Waals surface area contributed by atoms with Crippen molar-refractivity contribution in [1.29, 1.82) is 5.26 Å². The zero-order valence-corrected chi connectivity index (χ0v) is 10.9. The number of nitriles is 1. The Hall–Kier alpha value is -1.53. The zero-order chi connectivity index (χ0) is 13.1. The van der Waals surface area contributed by atoms with Crippen LogP contribution in [0.4, 0.5) is 0 Å². The summed E-state index contributed by atoms with van der Waals surface area (Å²) in [7, 11) is 0. The molecule has 0 aliphatic carbocycles. The Bertz CT molecular complexity index is 465. The minimum absolute atomic E-state index is 0.0129. The van der Waals surface area contributed by atoms with Crippen molar-refractivity contribution in [2.24, 2.45) is 5.92 Å². The Labute approximate surface area is 106 Å². The van der Waals surface area contributed by atoms with Gasteiger partial charge in [-0.3, -0.25) is 4.79 Å². The minimum atomic E-state index is -0.893. The standard InChI is InChI=1S/C13H15ClN2O/c1-9(2)13(3,8-15)16-12(17)10-6-4-5-7-11(10)14/h4-7,9H,1-3H3,(H,16,17). The fraction of sp³-hybridized carbons (Fsp3) is 0.385. The summed E-state index contributed by atoms with van der Waals surface area (Å²) < 4.78 is 0. The largest absolute Gasteiger partial charge is 0.334 e. The molecule has 0 heterocycles. The van der Waals surface area contributed by atoms with Gasteiger partial charge in [0.25, 0.3) is 5.91 Å². The lowest BCUT2D eigenvalue weighted by molar-refractivity contribution is 0.0908. The van der Waals surface area contributed by atoms with Crippen molar-refractivity contribution in [2.45, 2.75) is 26.3 Å². The van der Waals surface area contributed by atoms with Gasteiger partial charge in [-0.25, -0.2) is 0 Å². The van der Waals surface area contributed by atoms with Crippen molar-refractivity contribution < 1.29 is 4.79 Å². The first-order chi connectivity index (χ1) is 7.90. The summed E-state index contributed by atoms with van der Waals surface area (Å²) in [6, 6.07) is 8.90. The third-order valence-corrected chi connectivity index (χ3v) is 3.21. The molecular weight excluding hydrogens is 236 g/mol. The average molecular weight is 251 g/mol. The van der Waals surface area contributed by atoms with Gasteiger partial charge in [0.1, 0.15) is 5.54 Å². The lowest BCUT2D eigenvalue weighted by Gasteiger charge is -2.27. The van der Waals surface area contributed by atoms with Crippen molar-refractivity contribution in [3.8, 4) is 6.07 Å². The fourth-order valence-corrected chi connectivity index (χ4v) is 1.47. The molecule has 0 radical (unpaired) electrons. The van der Waals surface area contributed by atoms with E-state index >= 15 is 0 Å². The maximum Gasteiger partial charge on any atom is 0.254 e. The third-order valence-electron chi connectivity index (χ3n) is 2.88. The van der Waals surface area contributed by atoms with Gasteiger partial charge >= 0.3 is 0 Å².